The summed E-state index contributed by atoms with van der Waals surface area (Å²) in [7, 11) is 3.58. The van der Waals surface area contributed by atoms with Crippen LogP contribution in [0, 0.1) is 0 Å². The van der Waals surface area contributed by atoms with Crippen LogP contribution in [0.3, 0.4) is 0 Å². The molecule has 0 aliphatic heterocycles. The minimum absolute atomic E-state index is 0.217. The minimum atomic E-state index is 0.217. The lowest BCUT2D eigenvalue weighted by Crippen LogP contribution is -2.20. The molecule has 0 spiro atoms. The van der Waals surface area contributed by atoms with E-state index in [4.69, 9.17) is 0 Å². The maximum atomic E-state index is 11.0. The lowest BCUT2D eigenvalue weighted by molar-refractivity contribution is -0.128. The molecule has 0 aliphatic carbocycles. The summed E-state index contributed by atoms with van der Waals surface area (Å²) >= 11 is 0. The summed E-state index contributed by atoms with van der Waals surface area (Å²) in [6.07, 6.45) is 6.73. The summed E-state index contributed by atoms with van der Waals surface area (Å²) in [5, 5.41) is 0. The molecule has 0 N–H and O–H groups in total. The predicted molar refractivity (Wildman–Crippen MR) is 47.4 cm³/mol. The zero-order valence-electron chi connectivity index (χ0n) is 7.63. The van der Waals surface area contributed by atoms with E-state index >= 15 is 0 Å². The molecule has 0 heterocycles. The molecule has 0 unspecified atom stereocenters. The Morgan fingerprint density at radius 1 is 1.45 bits per heavy atom. The van der Waals surface area contributed by atoms with Gasteiger partial charge < -0.3 is 4.90 Å². The molecular formula is C9H17NO. The average molecular weight is 155 g/mol. The molecule has 1 amide bonds. The van der Waals surface area contributed by atoms with Crippen molar-refractivity contribution in [1.82, 2.24) is 4.90 Å². The Morgan fingerprint density at radius 2 is 2.09 bits per heavy atom. The maximum absolute atomic E-state index is 11.0. The van der Waals surface area contributed by atoms with Crippen molar-refractivity contribution in [3.05, 3.63) is 12.2 Å². The number of amides is 1. The van der Waals surface area contributed by atoms with Gasteiger partial charge in [-0.15, -0.1) is 0 Å². The predicted octanol–water partition coefficient (Wildman–Crippen LogP) is 1.82. The Balaban J connectivity index is 3.32. The van der Waals surface area contributed by atoms with Gasteiger partial charge in [0, 0.05) is 20.5 Å². The summed E-state index contributed by atoms with van der Waals surface area (Å²) in [5.41, 5.74) is 0. The number of hydrogen-bond donors (Lipinski definition) is 0. The number of hydrogen-bond acceptors (Lipinski definition) is 1. The van der Waals surface area contributed by atoms with Crippen LogP contribution in [0.5, 0.6) is 0 Å². The van der Waals surface area contributed by atoms with E-state index in [0.717, 1.165) is 12.8 Å². The van der Waals surface area contributed by atoms with Crippen LogP contribution < -0.4 is 0 Å². The van der Waals surface area contributed by atoms with Crippen LogP contribution in [-0.4, -0.2) is 24.9 Å². The Labute approximate surface area is 68.9 Å². The highest BCUT2D eigenvalue weighted by molar-refractivity contribution is 5.75. The quantitative estimate of drug-likeness (QED) is 0.448. The van der Waals surface area contributed by atoms with Crippen LogP contribution >= 0.6 is 0 Å². The third-order valence-electron chi connectivity index (χ3n) is 1.50. The SMILES string of the molecule is C/C=C\CCCC(=O)N(C)C. The van der Waals surface area contributed by atoms with E-state index in [0.29, 0.717) is 6.42 Å². The van der Waals surface area contributed by atoms with Gasteiger partial charge in [0.1, 0.15) is 0 Å². The van der Waals surface area contributed by atoms with E-state index in [1.54, 1.807) is 19.0 Å². The second-order valence-electron chi connectivity index (χ2n) is 2.75. The van der Waals surface area contributed by atoms with E-state index in [-0.39, 0.29) is 5.91 Å². The molecule has 11 heavy (non-hydrogen) atoms. The van der Waals surface area contributed by atoms with Crippen LogP contribution in [0.15, 0.2) is 12.2 Å². The molecule has 0 rings (SSSR count). The van der Waals surface area contributed by atoms with Crippen LogP contribution in [0.4, 0.5) is 0 Å². The highest BCUT2D eigenvalue weighted by Crippen LogP contribution is 1.98. The number of rotatable bonds is 4. The van der Waals surface area contributed by atoms with Crippen molar-refractivity contribution < 1.29 is 4.79 Å². The summed E-state index contributed by atoms with van der Waals surface area (Å²) in [6, 6.07) is 0. The Bertz CT molecular complexity index is 138. The second-order valence-corrected chi connectivity index (χ2v) is 2.75. The Hall–Kier alpha value is -0.790. The fourth-order valence-corrected chi connectivity index (χ4v) is 0.761. The average Bonchev–Trinajstić information content (AvgIpc) is 1.97. The Kier molecular flexibility index (Phi) is 5.53. The van der Waals surface area contributed by atoms with Crippen LogP contribution in [0.2, 0.25) is 0 Å². The number of allylic oxidation sites excluding steroid dienone is 2. The Morgan fingerprint density at radius 3 is 2.55 bits per heavy atom. The van der Waals surface area contributed by atoms with E-state index in [1.165, 1.54) is 0 Å². The lowest BCUT2D eigenvalue weighted by Gasteiger charge is -2.08. The molecule has 0 aromatic heterocycles. The summed E-state index contributed by atoms with van der Waals surface area (Å²) in [4.78, 5) is 12.6. The van der Waals surface area contributed by atoms with Crippen molar-refractivity contribution in [2.75, 3.05) is 14.1 Å². The third kappa shape index (κ3) is 5.64. The normalized spacial score (nSPS) is 10.5. The summed E-state index contributed by atoms with van der Waals surface area (Å²) in [5.74, 6) is 0.217. The van der Waals surface area contributed by atoms with E-state index in [2.05, 4.69) is 6.08 Å². The molecule has 0 aliphatic rings. The molecule has 0 atom stereocenters. The van der Waals surface area contributed by atoms with Crippen LogP contribution in [0.1, 0.15) is 26.2 Å². The molecule has 2 nitrogen and oxygen atoms in total. The van der Waals surface area contributed by atoms with Crippen LogP contribution in [-0.2, 0) is 4.79 Å². The van der Waals surface area contributed by atoms with Crippen molar-refractivity contribution in [3.8, 4) is 0 Å². The largest absolute Gasteiger partial charge is 0.349 e. The molecule has 0 radical (unpaired) electrons. The molecule has 0 aromatic carbocycles. The van der Waals surface area contributed by atoms with Crippen molar-refractivity contribution in [3.63, 3.8) is 0 Å². The van der Waals surface area contributed by atoms with Gasteiger partial charge in [-0.05, 0) is 19.8 Å². The molecule has 0 saturated carbocycles. The van der Waals surface area contributed by atoms with E-state index < -0.39 is 0 Å². The first-order valence-corrected chi connectivity index (χ1v) is 3.99. The molecular weight excluding hydrogens is 138 g/mol. The molecule has 64 valence electrons. The first-order chi connectivity index (χ1) is 5.18. The smallest absolute Gasteiger partial charge is 0.222 e. The highest BCUT2D eigenvalue weighted by atomic mass is 16.2. The molecule has 0 bridgehead atoms. The van der Waals surface area contributed by atoms with Gasteiger partial charge in [0.15, 0.2) is 0 Å². The minimum Gasteiger partial charge on any atom is -0.349 e. The van der Waals surface area contributed by atoms with Gasteiger partial charge in [0.05, 0.1) is 0 Å². The molecule has 0 fully saturated rings. The van der Waals surface area contributed by atoms with E-state index in [1.807, 2.05) is 13.0 Å². The van der Waals surface area contributed by atoms with Crippen molar-refractivity contribution >= 4 is 5.91 Å². The molecule has 0 saturated heterocycles. The van der Waals surface area contributed by atoms with Gasteiger partial charge in [0.2, 0.25) is 5.91 Å². The van der Waals surface area contributed by atoms with Crippen molar-refractivity contribution in [2.45, 2.75) is 26.2 Å². The second kappa shape index (κ2) is 5.96. The number of nitrogens with zero attached hydrogens (tertiary/aromatic N) is 1. The van der Waals surface area contributed by atoms with E-state index in [9.17, 15) is 4.79 Å². The van der Waals surface area contributed by atoms with Gasteiger partial charge in [-0.1, -0.05) is 12.2 Å². The first kappa shape index (κ1) is 10.2. The first-order valence-electron chi connectivity index (χ1n) is 3.99. The van der Waals surface area contributed by atoms with Crippen molar-refractivity contribution in [2.24, 2.45) is 0 Å². The summed E-state index contributed by atoms with van der Waals surface area (Å²) < 4.78 is 0. The lowest BCUT2D eigenvalue weighted by atomic mass is 10.2. The monoisotopic (exact) mass is 155 g/mol. The zero-order valence-corrected chi connectivity index (χ0v) is 7.63. The number of carbonyl (C=O) groups is 1. The topological polar surface area (TPSA) is 20.3 Å². The zero-order chi connectivity index (χ0) is 8.69. The fourth-order valence-electron chi connectivity index (χ4n) is 0.761. The number of unbranched alkanes of at least 4 members (excludes halogenated alkanes) is 1. The highest BCUT2D eigenvalue weighted by Gasteiger charge is 2.00. The van der Waals surface area contributed by atoms with Gasteiger partial charge in [-0.2, -0.15) is 0 Å². The maximum Gasteiger partial charge on any atom is 0.222 e. The van der Waals surface area contributed by atoms with Gasteiger partial charge in [-0.3, -0.25) is 4.79 Å². The number of carbonyl (C=O) groups excluding carboxylic acids is 1. The van der Waals surface area contributed by atoms with Crippen molar-refractivity contribution in [1.29, 1.82) is 0 Å². The fraction of sp³-hybridized carbons (Fsp3) is 0.667. The van der Waals surface area contributed by atoms with Crippen LogP contribution in [0.25, 0.3) is 0 Å². The molecule has 0 aromatic rings. The third-order valence-corrected chi connectivity index (χ3v) is 1.50. The van der Waals surface area contributed by atoms with Gasteiger partial charge in [0.25, 0.3) is 0 Å². The standard InChI is InChI=1S/C9H17NO/c1-4-5-6-7-8-9(11)10(2)3/h4-5H,6-8H2,1-3H3/b5-4-. The van der Waals surface area contributed by atoms with Gasteiger partial charge >= 0.3 is 0 Å². The van der Waals surface area contributed by atoms with Gasteiger partial charge in [-0.25, -0.2) is 0 Å². The molecule has 2 heteroatoms. The summed E-state index contributed by atoms with van der Waals surface area (Å²) in [6.45, 7) is 1.99.